The molecule has 0 aliphatic rings. The number of hydrogen-bond acceptors (Lipinski definition) is 5. The van der Waals surface area contributed by atoms with E-state index in [-0.39, 0.29) is 0 Å². The molecule has 0 spiro atoms. The molecule has 0 amide bonds. The Bertz CT molecular complexity index is 441. The Morgan fingerprint density at radius 1 is 1.40 bits per heavy atom. The smallest absolute Gasteiger partial charge is 0.191 e. The van der Waals surface area contributed by atoms with Crippen LogP contribution in [-0.4, -0.2) is 24.7 Å². The molecule has 2 heterocycles. The molecular weight excluding hydrogens is 234 g/mol. The Morgan fingerprint density at radius 3 is 2.87 bits per heavy atom. The van der Waals surface area contributed by atoms with Crippen molar-refractivity contribution in [3.8, 4) is 0 Å². The van der Waals surface area contributed by atoms with Crippen LogP contribution in [0.4, 0.5) is 0 Å². The van der Waals surface area contributed by atoms with E-state index < -0.39 is 0 Å². The van der Waals surface area contributed by atoms with Crippen molar-refractivity contribution < 1.29 is 0 Å². The molecule has 2 aromatic rings. The van der Waals surface area contributed by atoms with Crippen molar-refractivity contribution in [3.05, 3.63) is 29.6 Å². The van der Waals surface area contributed by atoms with Crippen molar-refractivity contribution in [2.75, 3.05) is 0 Å². The minimum Gasteiger partial charge on any atom is -0.312 e. The SMILES string of the molecule is Cn1cnnc1SCc1cnc(Cl)cn1. The molecule has 0 bridgehead atoms. The predicted octanol–water partition coefficient (Wildman–Crippen LogP) is 1.55. The molecule has 5 nitrogen and oxygen atoms in total. The minimum absolute atomic E-state index is 0.405. The van der Waals surface area contributed by atoms with Gasteiger partial charge in [0.1, 0.15) is 11.5 Å². The van der Waals surface area contributed by atoms with E-state index in [0.717, 1.165) is 10.9 Å². The average molecular weight is 242 g/mol. The predicted molar refractivity (Wildman–Crippen MR) is 57.6 cm³/mol. The molecule has 0 atom stereocenters. The molecule has 2 aromatic heterocycles. The summed E-state index contributed by atoms with van der Waals surface area (Å²) in [5.41, 5.74) is 0.868. The minimum atomic E-state index is 0.405. The second-order valence-corrected chi connectivity index (χ2v) is 4.17. The lowest BCUT2D eigenvalue weighted by atomic mass is 10.5. The molecule has 0 aromatic carbocycles. The maximum Gasteiger partial charge on any atom is 0.191 e. The van der Waals surface area contributed by atoms with Crippen molar-refractivity contribution in [2.45, 2.75) is 10.9 Å². The van der Waals surface area contributed by atoms with E-state index in [1.54, 1.807) is 24.3 Å². The second kappa shape index (κ2) is 4.59. The summed E-state index contributed by atoms with van der Waals surface area (Å²) in [5.74, 6) is 0.705. The first-order valence-corrected chi connectivity index (χ1v) is 5.55. The first kappa shape index (κ1) is 10.4. The highest BCUT2D eigenvalue weighted by Crippen LogP contribution is 2.18. The number of thioether (sulfide) groups is 1. The second-order valence-electron chi connectivity index (χ2n) is 2.84. The van der Waals surface area contributed by atoms with E-state index in [4.69, 9.17) is 11.6 Å². The molecule has 0 saturated carbocycles. The van der Waals surface area contributed by atoms with E-state index in [1.165, 1.54) is 6.20 Å². The van der Waals surface area contributed by atoms with Gasteiger partial charge in [-0.05, 0) is 0 Å². The Balaban J connectivity index is 1.99. The molecular formula is C8H8ClN5S. The highest BCUT2D eigenvalue weighted by Gasteiger charge is 2.03. The topological polar surface area (TPSA) is 56.5 Å². The van der Waals surface area contributed by atoms with Crippen molar-refractivity contribution in [1.29, 1.82) is 0 Å². The van der Waals surface area contributed by atoms with Gasteiger partial charge in [0.2, 0.25) is 0 Å². The van der Waals surface area contributed by atoms with E-state index in [2.05, 4.69) is 20.2 Å². The molecule has 0 aliphatic carbocycles. The third kappa shape index (κ3) is 2.66. The van der Waals surface area contributed by atoms with E-state index in [9.17, 15) is 0 Å². The molecule has 2 rings (SSSR count). The van der Waals surface area contributed by atoms with Gasteiger partial charge in [-0.25, -0.2) is 4.98 Å². The van der Waals surface area contributed by atoms with Gasteiger partial charge >= 0.3 is 0 Å². The van der Waals surface area contributed by atoms with E-state index in [0.29, 0.717) is 10.9 Å². The van der Waals surface area contributed by atoms with Crippen LogP contribution in [0.3, 0.4) is 0 Å². The summed E-state index contributed by atoms with van der Waals surface area (Å²) in [4.78, 5) is 8.08. The molecule has 78 valence electrons. The fourth-order valence-corrected chi connectivity index (χ4v) is 1.83. The lowest BCUT2D eigenvalue weighted by Crippen LogP contribution is -1.92. The monoisotopic (exact) mass is 241 g/mol. The maximum atomic E-state index is 5.63. The number of aromatic nitrogens is 5. The molecule has 0 unspecified atom stereocenters. The Labute approximate surface area is 95.9 Å². The van der Waals surface area contributed by atoms with Crippen molar-refractivity contribution >= 4 is 23.4 Å². The normalized spacial score (nSPS) is 10.5. The summed E-state index contributed by atoms with van der Waals surface area (Å²) in [5, 5.41) is 8.99. The molecule has 15 heavy (non-hydrogen) atoms. The van der Waals surface area contributed by atoms with Gasteiger partial charge in [-0.3, -0.25) is 4.98 Å². The Kier molecular flexibility index (Phi) is 3.17. The van der Waals surface area contributed by atoms with E-state index in [1.807, 2.05) is 11.6 Å². The van der Waals surface area contributed by atoms with Gasteiger partial charge in [0.15, 0.2) is 5.16 Å². The highest BCUT2D eigenvalue weighted by molar-refractivity contribution is 7.98. The zero-order valence-corrected chi connectivity index (χ0v) is 9.53. The van der Waals surface area contributed by atoms with Gasteiger partial charge in [0, 0.05) is 12.8 Å². The lowest BCUT2D eigenvalue weighted by molar-refractivity contribution is 0.788. The fraction of sp³-hybridized carbons (Fsp3) is 0.250. The first-order valence-electron chi connectivity index (χ1n) is 4.19. The van der Waals surface area contributed by atoms with Gasteiger partial charge in [-0.15, -0.1) is 10.2 Å². The average Bonchev–Trinajstić information content (AvgIpc) is 2.63. The zero-order chi connectivity index (χ0) is 10.7. The van der Waals surface area contributed by atoms with Gasteiger partial charge in [-0.1, -0.05) is 23.4 Å². The number of nitrogens with zero attached hydrogens (tertiary/aromatic N) is 5. The third-order valence-electron chi connectivity index (χ3n) is 1.69. The highest BCUT2D eigenvalue weighted by atomic mass is 35.5. The Morgan fingerprint density at radius 2 is 2.27 bits per heavy atom. The van der Waals surface area contributed by atoms with Gasteiger partial charge in [-0.2, -0.15) is 0 Å². The zero-order valence-electron chi connectivity index (χ0n) is 7.96. The van der Waals surface area contributed by atoms with Crippen LogP contribution in [0.5, 0.6) is 0 Å². The van der Waals surface area contributed by atoms with Crippen LogP contribution in [0.1, 0.15) is 5.69 Å². The van der Waals surface area contributed by atoms with Crippen LogP contribution >= 0.6 is 23.4 Å². The van der Waals surface area contributed by atoms with Crippen LogP contribution in [0.15, 0.2) is 23.9 Å². The maximum absolute atomic E-state index is 5.63. The lowest BCUT2D eigenvalue weighted by Gasteiger charge is -1.99. The summed E-state index contributed by atoms with van der Waals surface area (Å²) in [6.07, 6.45) is 4.86. The summed E-state index contributed by atoms with van der Waals surface area (Å²) in [7, 11) is 1.90. The standard InChI is InChI=1S/C8H8ClN5S/c1-14-5-12-13-8(14)15-4-6-2-11-7(9)3-10-6/h2-3,5H,4H2,1H3. The Hall–Kier alpha value is -1.14. The summed E-state index contributed by atoms with van der Waals surface area (Å²) >= 11 is 7.19. The van der Waals surface area contributed by atoms with Crippen LogP contribution in [0, 0.1) is 0 Å². The summed E-state index contributed by atoms with van der Waals surface area (Å²) in [6, 6.07) is 0. The fourth-order valence-electron chi connectivity index (χ4n) is 0.955. The third-order valence-corrected chi connectivity index (χ3v) is 2.96. The largest absolute Gasteiger partial charge is 0.312 e. The number of aryl methyl sites for hydroxylation is 1. The van der Waals surface area contributed by atoms with Crippen LogP contribution in [0.2, 0.25) is 5.15 Å². The molecule has 0 radical (unpaired) electrons. The molecule has 0 fully saturated rings. The van der Waals surface area contributed by atoms with Crippen molar-refractivity contribution in [3.63, 3.8) is 0 Å². The summed E-state index contributed by atoms with van der Waals surface area (Å²) < 4.78 is 1.86. The van der Waals surface area contributed by atoms with Crippen LogP contribution in [0.25, 0.3) is 0 Å². The first-order chi connectivity index (χ1) is 7.25. The van der Waals surface area contributed by atoms with E-state index >= 15 is 0 Å². The number of halogens is 1. The number of hydrogen-bond donors (Lipinski definition) is 0. The molecule has 0 N–H and O–H groups in total. The van der Waals surface area contributed by atoms with Crippen molar-refractivity contribution in [2.24, 2.45) is 7.05 Å². The van der Waals surface area contributed by atoms with Gasteiger partial charge in [0.25, 0.3) is 0 Å². The molecule has 0 saturated heterocycles. The van der Waals surface area contributed by atoms with Crippen LogP contribution in [-0.2, 0) is 12.8 Å². The van der Waals surface area contributed by atoms with Gasteiger partial charge in [0.05, 0.1) is 18.1 Å². The molecule has 7 heteroatoms. The van der Waals surface area contributed by atoms with Gasteiger partial charge < -0.3 is 4.57 Å². The summed E-state index contributed by atoms with van der Waals surface area (Å²) in [6.45, 7) is 0. The quantitative estimate of drug-likeness (QED) is 0.764. The number of rotatable bonds is 3. The molecule has 0 aliphatic heterocycles. The van der Waals surface area contributed by atoms with Crippen molar-refractivity contribution in [1.82, 2.24) is 24.7 Å². The van der Waals surface area contributed by atoms with Crippen LogP contribution < -0.4 is 0 Å².